The molecular formula is C11H10N6S. The third kappa shape index (κ3) is 2.53. The van der Waals surface area contributed by atoms with Crippen LogP contribution in [-0.2, 0) is 0 Å². The minimum Gasteiger partial charge on any atom is -0.324 e. The number of nitrogens with one attached hydrogen (secondary N) is 2. The van der Waals surface area contributed by atoms with E-state index in [1.165, 1.54) is 11.9 Å². The summed E-state index contributed by atoms with van der Waals surface area (Å²) in [4.78, 5) is 9.27. The van der Waals surface area contributed by atoms with E-state index in [9.17, 15) is 0 Å². The molecule has 7 heteroatoms. The molecule has 0 saturated carbocycles. The summed E-state index contributed by atoms with van der Waals surface area (Å²) < 4.78 is 3.01. The number of aromatic nitrogens is 1. The van der Waals surface area contributed by atoms with E-state index < -0.39 is 5.92 Å². The molecule has 90 valence electrons. The van der Waals surface area contributed by atoms with Crippen LogP contribution in [0.3, 0.4) is 0 Å². The second-order valence-electron chi connectivity index (χ2n) is 3.66. The van der Waals surface area contributed by atoms with Gasteiger partial charge in [0, 0.05) is 12.4 Å². The summed E-state index contributed by atoms with van der Waals surface area (Å²) in [6.07, 6.45) is 3.43. The molecule has 2 N–H and O–H groups in total. The lowest BCUT2D eigenvalue weighted by Crippen LogP contribution is -2.31. The smallest absolute Gasteiger partial charge is 0.206 e. The summed E-state index contributed by atoms with van der Waals surface area (Å²) in [6, 6.07) is 5.29. The Morgan fingerprint density at radius 3 is 2.94 bits per heavy atom. The Bertz CT molecular complexity index is 541. The van der Waals surface area contributed by atoms with Gasteiger partial charge in [-0.15, -0.1) is 0 Å². The first-order valence-electron chi connectivity index (χ1n) is 5.25. The molecule has 0 saturated heterocycles. The van der Waals surface area contributed by atoms with Crippen LogP contribution in [0.2, 0.25) is 0 Å². The Balaban J connectivity index is 2.14. The summed E-state index contributed by atoms with van der Waals surface area (Å²) >= 11 is 1.39. The number of rotatable bonds is 2. The number of nitrogens with zero attached hydrogens (tertiary/aromatic N) is 4. The molecule has 1 aliphatic heterocycles. The molecule has 0 spiro atoms. The van der Waals surface area contributed by atoms with Gasteiger partial charge in [-0.3, -0.25) is 9.71 Å². The van der Waals surface area contributed by atoms with Crippen LogP contribution in [0.1, 0.15) is 6.92 Å². The van der Waals surface area contributed by atoms with Gasteiger partial charge in [-0.25, -0.2) is 4.99 Å². The molecule has 18 heavy (non-hydrogen) atoms. The second kappa shape index (κ2) is 5.39. The highest BCUT2D eigenvalue weighted by Gasteiger charge is 2.18. The zero-order chi connectivity index (χ0) is 13.0. The first kappa shape index (κ1) is 12.2. The fraction of sp³-hybridized carbons (Fsp3) is 0.273. The number of nitriles is 2. The molecule has 0 bridgehead atoms. The van der Waals surface area contributed by atoms with Gasteiger partial charge < -0.3 is 5.32 Å². The van der Waals surface area contributed by atoms with Crippen molar-refractivity contribution in [3.63, 3.8) is 0 Å². The van der Waals surface area contributed by atoms with Crippen molar-refractivity contribution in [1.29, 1.82) is 10.5 Å². The molecule has 2 rings (SSSR count). The second-order valence-corrected chi connectivity index (χ2v) is 4.50. The van der Waals surface area contributed by atoms with Crippen molar-refractivity contribution < 1.29 is 0 Å². The topological polar surface area (TPSA) is 96.9 Å². The lowest BCUT2D eigenvalue weighted by Gasteiger charge is -2.20. The van der Waals surface area contributed by atoms with Crippen molar-refractivity contribution in [2.24, 2.45) is 10.9 Å². The number of pyridine rings is 1. The Morgan fingerprint density at radius 1 is 1.44 bits per heavy atom. The quantitative estimate of drug-likeness (QED) is 0.780. The fourth-order valence-corrected chi connectivity index (χ4v) is 2.06. The maximum Gasteiger partial charge on any atom is 0.206 e. The van der Waals surface area contributed by atoms with Crippen LogP contribution < -0.4 is 10.0 Å². The summed E-state index contributed by atoms with van der Waals surface area (Å²) in [5, 5.41) is 20.7. The van der Waals surface area contributed by atoms with Crippen molar-refractivity contribution >= 4 is 23.6 Å². The molecule has 1 aliphatic rings. The highest BCUT2D eigenvalue weighted by molar-refractivity contribution is 7.98. The predicted molar refractivity (Wildman–Crippen MR) is 68.5 cm³/mol. The largest absolute Gasteiger partial charge is 0.324 e. The average Bonchev–Trinajstić information content (AvgIpc) is 2.40. The van der Waals surface area contributed by atoms with Crippen LogP contribution in [-0.4, -0.2) is 17.0 Å². The van der Waals surface area contributed by atoms with E-state index in [1.54, 1.807) is 19.3 Å². The average molecular weight is 258 g/mol. The minimum atomic E-state index is -0.745. The van der Waals surface area contributed by atoms with Gasteiger partial charge in [0.15, 0.2) is 5.92 Å². The first-order valence-corrected chi connectivity index (χ1v) is 6.07. The van der Waals surface area contributed by atoms with Crippen molar-refractivity contribution in [2.45, 2.75) is 17.9 Å². The van der Waals surface area contributed by atoms with E-state index in [2.05, 4.69) is 20.0 Å². The summed E-state index contributed by atoms with van der Waals surface area (Å²) in [5.74, 6) is -0.202. The Kier molecular flexibility index (Phi) is 3.66. The normalized spacial score (nSPS) is 17.0. The van der Waals surface area contributed by atoms with Crippen molar-refractivity contribution in [2.75, 3.05) is 5.32 Å². The van der Waals surface area contributed by atoms with Crippen molar-refractivity contribution in [3.8, 4) is 12.1 Å². The van der Waals surface area contributed by atoms with E-state index in [1.807, 2.05) is 18.2 Å². The van der Waals surface area contributed by atoms with Crippen LogP contribution in [0, 0.1) is 28.6 Å². The van der Waals surface area contributed by atoms with E-state index in [-0.39, 0.29) is 6.04 Å². The van der Waals surface area contributed by atoms with E-state index in [0.717, 1.165) is 10.6 Å². The molecule has 1 unspecified atom stereocenters. The number of anilines is 1. The maximum absolute atomic E-state index is 8.79. The zero-order valence-electron chi connectivity index (χ0n) is 9.58. The van der Waals surface area contributed by atoms with Crippen molar-refractivity contribution in [1.82, 2.24) is 9.71 Å². The maximum atomic E-state index is 8.79. The molecule has 2 heterocycles. The van der Waals surface area contributed by atoms with Crippen molar-refractivity contribution in [3.05, 3.63) is 18.5 Å². The molecule has 1 atom stereocenters. The first-order chi connectivity index (χ1) is 8.74. The highest BCUT2D eigenvalue weighted by Crippen LogP contribution is 2.27. The predicted octanol–water partition coefficient (Wildman–Crippen LogP) is 1.51. The SMILES string of the molecule is CC(N=C1NSc2cnccc2N1)C(C#N)C#N. The number of guanidine groups is 1. The zero-order valence-corrected chi connectivity index (χ0v) is 10.4. The molecule has 0 aromatic carbocycles. The lowest BCUT2D eigenvalue weighted by atomic mass is 10.1. The van der Waals surface area contributed by atoms with Crippen LogP contribution in [0.15, 0.2) is 28.3 Å². The van der Waals surface area contributed by atoms with Crippen LogP contribution in [0.4, 0.5) is 5.69 Å². The molecule has 1 aromatic heterocycles. The third-order valence-corrected chi connectivity index (χ3v) is 3.23. The van der Waals surface area contributed by atoms with Gasteiger partial charge in [0.2, 0.25) is 5.96 Å². The van der Waals surface area contributed by atoms with E-state index in [4.69, 9.17) is 10.5 Å². The van der Waals surface area contributed by atoms with Gasteiger partial charge in [0.25, 0.3) is 0 Å². The van der Waals surface area contributed by atoms with E-state index in [0.29, 0.717) is 5.96 Å². The van der Waals surface area contributed by atoms with Gasteiger partial charge in [-0.1, -0.05) is 0 Å². The van der Waals surface area contributed by atoms with Gasteiger partial charge in [-0.2, -0.15) is 10.5 Å². The number of fused-ring (bicyclic) bond motifs is 1. The minimum absolute atomic E-state index is 0.390. The summed E-state index contributed by atoms with van der Waals surface area (Å²) in [6.45, 7) is 1.74. The van der Waals surface area contributed by atoms with Gasteiger partial charge >= 0.3 is 0 Å². The summed E-state index contributed by atoms with van der Waals surface area (Å²) in [5.41, 5.74) is 0.908. The molecule has 0 radical (unpaired) electrons. The highest BCUT2D eigenvalue weighted by atomic mass is 32.2. The Morgan fingerprint density at radius 2 is 2.22 bits per heavy atom. The third-order valence-electron chi connectivity index (χ3n) is 2.39. The van der Waals surface area contributed by atoms with Gasteiger partial charge in [-0.05, 0) is 24.9 Å². The molecular weight excluding hydrogens is 248 g/mol. The Hall–Kier alpha value is -2.25. The monoisotopic (exact) mass is 258 g/mol. The van der Waals surface area contributed by atoms with Gasteiger partial charge in [0.1, 0.15) is 0 Å². The van der Waals surface area contributed by atoms with E-state index >= 15 is 0 Å². The number of hydrogen-bond donors (Lipinski definition) is 2. The lowest BCUT2D eigenvalue weighted by molar-refractivity contribution is 0.656. The Labute approximate surface area is 109 Å². The van der Waals surface area contributed by atoms with Crippen LogP contribution >= 0.6 is 11.9 Å². The molecule has 0 amide bonds. The summed E-state index contributed by atoms with van der Waals surface area (Å²) in [7, 11) is 0. The van der Waals surface area contributed by atoms with Crippen LogP contribution in [0.25, 0.3) is 0 Å². The molecule has 6 nitrogen and oxygen atoms in total. The molecule has 0 aliphatic carbocycles. The molecule has 0 fully saturated rings. The standard InChI is InChI=1S/C11H10N6S/c1-7(8(4-12)5-13)15-11-16-9-2-3-14-6-10(9)18-17-11/h2-3,6-8H,1H3,(H2,15,16,17). The molecule has 1 aromatic rings. The van der Waals surface area contributed by atoms with Crippen LogP contribution in [0.5, 0.6) is 0 Å². The fourth-order valence-electron chi connectivity index (χ4n) is 1.40. The number of aliphatic imine (C=N–C) groups is 1. The van der Waals surface area contributed by atoms with Gasteiger partial charge in [0.05, 0.1) is 28.8 Å². The number of hydrogen-bond acceptors (Lipinski definition) is 5.